The summed E-state index contributed by atoms with van der Waals surface area (Å²) in [6.07, 6.45) is 11.5. The normalized spacial score (nSPS) is 36.5. The van der Waals surface area contributed by atoms with Gasteiger partial charge in [-0.1, -0.05) is 13.3 Å². The summed E-state index contributed by atoms with van der Waals surface area (Å²) in [6, 6.07) is 1.76. The Bertz CT molecular complexity index is 244. The quantitative estimate of drug-likeness (QED) is 0.807. The maximum absolute atomic E-state index is 3.69. The highest BCUT2D eigenvalue weighted by molar-refractivity contribution is 5.03. The number of likely N-dealkylation sites (tertiary alicyclic amines) is 1. The molecule has 1 heterocycles. The number of nitrogens with one attached hydrogen (secondary N) is 1. The number of nitrogens with zero attached hydrogens (tertiary/aromatic N) is 1. The molecule has 0 atom stereocenters. The van der Waals surface area contributed by atoms with Crippen LogP contribution in [0.4, 0.5) is 0 Å². The molecule has 2 aliphatic carbocycles. The lowest BCUT2D eigenvalue weighted by Gasteiger charge is -2.59. The molecule has 0 amide bonds. The van der Waals surface area contributed by atoms with Crippen LogP contribution in [0.3, 0.4) is 0 Å². The van der Waals surface area contributed by atoms with E-state index in [2.05, 4.69) is 17.1 Å². The smallest absolute Gasteiger partial charge is 0.00968 e. The summed E-state index contributed by atoms with van der Waals surface area (Å²) in [5.74, 6) is 0. The molecular formula is C15H28N2. The van der Waals surface area contributed by atoms with Crippen molar-refractivity contribution in [3.63, 3.8) is 0 Å². The van der Waals surface area contributed by atoms with Gasteiger partial charge in [-0.25, -0.2) is 0 Å². The van der Waals surface area contributed by atoms with Crippen LogP contribution in [0.15, 0.2) is 0 Å². The van der Waals surface area contributed by atoms with Gasteiger partial charge in [-0.2, -0.15) is 0 Å². The molecule has 2 nitrogen and oxygen atoms in total. The van der Waals surface area contributed by atoms with Crippen LogP contribution < -0.4 is 5.32 Å². The van der Waals surface area contributed by atoms with E-state index >= 15 is 0 Å². The minimum absolute atomic E-state index is 0.817. The van der Waals surface area contributed by atoms with E-state index in [-0.39, 0.29) is 0 Å². The molecular weight excluding hydrogens is 208 g/mol. The van der Waals surface area contributed by atoms with Crippen LogP contribution >= 0.6 is 0 Å². The standard InChI is InChI=1S/C15H28N2/c1-2-10-16-13-4-6-14(7-5-13)17-11-15(12-17)8-3-9-15/h13-14,16H,2-12H2,1H3. The second-order valence-corrected chi connectivity index (χ2v) is 6.72. The molecule has 0 aromatic rings. The van der Waals surface area contributed by atoms with E-state index in [1.165, 1.54) is 71.0 Å². The first-order chi connectivity index (χ1) is 8.31. The average Bonchev–Trinajstić information content (AvgIpc) is 2.24. The van der Waals surface area contributed by atoms with Crippen molar-refractivity contribution in [1.29, 1.82) is 0 Å². The molecule has 0 aromatic carbocycles. The monoisotopic (exact) mass is 236 g/mol. The van der Waals surface area contributed by atoms with Crippen molar-refractivity contribution in [1.82, 2.24) is 10.2 Å². The van der Waals surface area contributed by atoms with Gasteiger partial charge in [0, 0.05) is 25.2 Å². The van der Waals surface area contributed by atoms with Gasteiger partial charge in [-0.15, -0.1) is 0 Å². The molecule has 17 heavy (non-hydrogen) atoms. The van der Waals surface area contributed by atoms with Crippen molar-refractivity contribution in [2.75, 3.05) is 19.6 Å². The van der Waals surface area contributed by atoms with Crippen LogP contribution in [0.1, 0.15) is 58.3 Å². The van der Waals surface area contributed by atoms with Gasteiger partial charge in [0.1, 0.15) is 0 Å². The topological polar surface area (TPSA) is 15.3 Å². The molecule has 3 aliphatic rings. The van der Waals surface area contributed by atoms with Gasteiger partial charge in [0.15, 0.2) is 0 Å². The zero-order valence-electron chi connectivity index (χ0n) is 11.4. The van der Waals surface area contributed by atoms with Crippen molar-refractivity contribution in [2.24, 2.45) is 5.41 Å². The number of hydrogen-bond donors (Lipinski definition) is 1. The van der Waals surface area contributed by atoms with E-state index in [1.54, 1.807) is 0 Å². The fourth-order valence-corrected chi connectivity index (χ4v) is 4.06. The van der Waals surface area contributed by atoms with Crippen molar-refractivity contribution in [3.8, 4) is 0 Å². The molecule has 0 aromatic heterocycles. The summed E-state index contributed by atoms with van der Waals surface area (Å²) in [7, 11) is 0. The molecule has 1 N–H and O–H groups in total. The largest absolute Gasteiger partial charge is 0.314 e. The molecule has 1 spiro atoms. The summed E-state index contributed by atoms with van der Waals surface area (Å²) in [5.41, 5.74) is 0.817. The predicted molar refractivity (Wildman–Crippen MR) is 72.2 cm³/mol. The van der Waals surface area contributed by atoms with E-state index in [1.807, 2.05) is 0 Å². The fraction of sp³-hybridized carbons (Fsp3) is 1.00. The van der Waals surface area contributed by atoms with E-state index in [4.69, 9.17) is 0 Å². The third-order valence-corrected chi connectivity index (χ3v) is 5.39. The summed E-state index contributed by atoms with van der Waals surface area (Å²) in [6.45, 7) is 6.34. The molecule has 2 heteroatoms. The predicted octanol–water partition coefficient (Wildman–Crippen LogP) is 2.78. The van der Waals surface area contributed by atoms with E-state index in [0.29, 0.717) is 0 Å². The zero-order valence-corrected chi connectivity index (χ0v) is 11.4. The SMILES string of the molecule is CCCNC1CCC(N2CC3(CCC3)C2)CC1. The van der Waals surface area contributed by atoms with Crippen LogP contribution in [-0.4, -0.2) is 36.6 Å². The van der Waals surface area contributed by atoms with Gasteiger partial charge < -0.3 is 5.32 Å². The molecule has 98 valence electrons. The molecule has 2 saturated carbocycles. The first-order valence-electron chi connectivity index (χ1n) is 7.79. The molecule has 0 radical (unpaired) electrons. The van der Waals surface area contributed by atoms with Gasteiger partial charge in [-0.05, 0) is 56.9 Å². The minimum Gasteiger partial charge on any atom is -0.314 e. The summed E-state index contributed by atoms with van der Waals surface area (Å²) < 4.78 is 0. The Morgan fingerprint density at radius 2 is 1.82 bits per heavy atom. The first-order valence-corrected chi connectivity index (χ1v) is 7.79. The number of hydrogen-bond acceptors (Lipinski definition) is 2. The van der Waals surface area contributed by atoms with Crippen molar-refractivity contribution in [3.05, 3.63) is 0 Å². The third-order valence-electron chi connectivity index (χ3n) is 5.39. The van der Waals surface area contributed by atoms with Crippen LogP contribution in [0, 0.1) is 5.41 Å². The Kier molecular flexibility index (Phi) is 3.45. The average molecular weight is 236 g/mol. The number of rotatable bonds is 4. The van der Waals surface area contributed by atoms with Crippen molar-refractivity contribution >= 4 is 0 Å². The summed E-state index contributed by atoms with van der Waals surface area (Å²) in [5, 5.41) is 3.69. The second-order valence-electron chi connectivity index (χ2n) is 6.72. The fourth-order valence-electron chi connectivity index (χ4n) is 4.06. The van der Waals surface area contributed by atoms with Crippen LogP contribution in [0.25, 0.3) is 0 Å². The van der Waals surface area contributed by atoms with Gasteiger partial charge in [0.05, 0.1) is 0 Å². The highest BCUT2D eigenvalue weighted by atomic mass is 15.2. The van der Waals surface area contributed by atoms with E-state index in [0.717, 1.165) is 17.5 Å². The van der Waals surface area contributed by atoms with Crippen molar-refractivity contribution in [2.45, 2.75) is 70.4 Å². The van der Waals surface area contributed by atoms with E-state index in [9.17, 15) is 0 Å². The lowest BCUT2D eigenvalue weighted by atomic mass is 9.63. The van der Waals surface area contributed by atoms with E-state index < -0.39 is 0 Å². The summed E-state index contributed by atoms with van der Waals surface area (Å²) in [4.78, 5) is 2.79. The van der Waals surface area contributed by atoms with Crippen LogP contribution in [0.5, 0.6) is 0 Å². The van der Waals surface area contributed by atoms with Gasteiger partial charge >= 0.3 is 0 Å². The Balaban J connectivity index is 1.37. The Hall–Kier alpha value is -0.0800. The van der Waals surface area contributed by atoms with Crippen molar-refractivity contribution < 1.29 is 0 Å². The first kappa shape index (κ1) is 12.0. The Labute approximate surface area is 106 Å². The minimum atomic E-state index is 0.817. The lowest BCUT2D eigenvalue weighted by molar-refractivity contribution is -0.0904. The molecule has 1 aliphatic heterocycles. The molecule has 0 unspecified atom stereocenters. The maximum atomic E-state index is 3.69. The van der Waals surface area contributed by atoms with Gasteiger partial charge in [-0.3, -0.25) is 4.90 Å². The second kappa shape index (κ2) is 4.89. The Morgan fingerprint density at radius 3 is 2.35 bits per heavy atom. The molecule has 1 saturated heterocycles. The Morgan fingerprint density at radius 1 is 1.12 bits per heavy atom. The lowest BCUT2D eigenvalue weighted by Crippen LogP contribution is -2.63. The van der Waals surface area contributed by atoms with Crippen LogP contribution in [-0.2, 0) is 0 Å². The maximum Gasteiger partial charge on any atom is 0.00968 e. The highest BCUT2D eigenvalue weighted by Gasteiger charge is 2.49. The molecule has 3 rings (SSSR count). The highest BCUT2D eigenvalue weighted by Crippen LogP contribution is 2.49. The van der Waals surface area contributed by atoms with Gasteiger partial charge in [0.25, 0.3) is 0 Å². The molecule has 0 bridgehead atoms. The summed E-state index contributed by atoms with van der Waals surface area (Å²) >= 11 is 0. The van der Waals surface area contributed by atoms with Gasteiger partial charge in [0.2, 0.25) is 0 Å². The van der Waals surface area contributed by atoms with Crippen LogP contribution in [0.2, 0.25) is 0 Å². The third kappa shape index (κ3) is 2.39. The molecule has 3 fully saturated rings. The zero-order chi connectivity index (χ0) is 11.7.